The van der Waals surface area contributed by atoms with Gasteiger partial charge in [0, 0.05) is 18.2 Å². The Morgan fingerprint density at radius 1 is 1.19 bits per heavy atom. The van der Waals surface area contributed by atoms with E-state index in [-0.39, 0.29) is 34.2 Å². The molecular formula is C21H28N6O4. The average Bonchev–Trinajstić information content (AvgIpc) is 3.02. The van der Waals surface area contributed by atoms with E-state index in [2.05, 4.69) is 10.4 Å². The lowest BCUT2D eigenvalue weighted by molar-refractivity contribution is -0.118. The van der Waals surface area contributed by atoms with Gasteiger partial charge in [0.05, 0.1) is 10.9 Å². The first kappa shape index (κ1) is 22.3. The van der Waals surface area contributed by atoms with E-state index in [1.54, 1.807) is 12.1 Å². The van der Waals surface area contributed by atoms with Crippen LogP contribution in [0.4, 0.5) is 0 Å². The fourth-order valence-corrected chi connectivity index (χ4v) is 3.31. The predicted molar refractivity (Wildman–Crippen MR) is 117 cm³/mol. The third-order valence-electron chi connectivity index (χ3n) is 5.27. The highest BCUT2D eigenvalue weighted by Crippen LogP contribution is 2.15. The normalized spacial score (nSPS) is 12.5. The third-order valence-corrected chi connectivity index (χ3v) is 5.27. The van der Waals surface area contributed by atoms with Gasteiger partial charge in [-0.05, 0) is 43.9 Å². The molecule has 0 bridgehead atoms. The molecule has 2 heterocycles. The molecule has 0 aliphatic heterocycles. The monoisotopic (exact) mass is 428 g/mol. The van der Waals surface area contributed by atoms with Gasteiger partial charge >= 0.3 is 5.69 Å². The van der Waals surface area contributed by atoms with Crippen LogP contribution >= 0.6 is 0 Å². The van der Waals surface area contributed by atoms with Crippen LogP contribution in [-0.4, -0.2) is 36.6 Å². The molecule has 3 rings (SSSR count). The molecule has 31 heavy (non-hydrogen) atoms. The number of aromatic nitrogens is 4. The number of primary amides is 1. The van der Waals surface area contributed by atoms with Crippen molar-refractivity contribution in [1.29, 1.82) is 0 Å². The van der Waals surface area contributed by atoms with E-state index in [1.165, 1.54) is 15.0 Å². The molecule has 10 nitrogen and oxygen atoms in total. The molecule has 2 aromatic heterocycles. The number of carbonyl (C=O) groups excluding carboxylic acids is 2. The molecule has 3 N–H and O–H groups in total. The Bertz CT molecular complexity index is 1270. The first-order chi connectivity index (χ1) is 14.6. The van der Waals surface area contributed by atoms with Crippen molar-refractivity contribution in [3.63, 3.8) is 0 Å². The summed E-state index contributed by atoms with van der Waals surface area (Å²) < 4.78 is 3.63. The number of amides is 2. The number of nitrogens with one attached hydrogen (secondary N) is 1. The van der Waals surface area contributed by atoms with E-state index >= 15 is 0 Å². The first-order valence-electron chi connectivity index (χ1n) is 10.4. The van der Waals surface area contributed by atoms with Crippen LogP contribution in [0.1, 0.15) is 50.9 Å². The van der Waals surface area contributed by atoms with Crippen LogP contribution in [0.3, 0.4) is 0 Å². The summed E-state index contributed by atoms with van der Waals surface area (Å²) in [7, 11) is 0. The maximum absolute atomic E-state index is 13.2. The van der Waals surface area contributed by atoms with Crippen molar-refractivity contribution in [3.05, 3.63) is 44.6 Å². The molecule has 10 heteroatoms. The van der Waals surface area contributed by atoms with Gasteiger partial charge in [0.25, 0.3) is 11.5 Å². The van der Waals surface area contributed by atoms with Crippen LogP contribution in [0.25, 0.3) is 16.7 Å². The number of rotatable bonds is 8. The Hall–Kier alpha value is -3.43. The number of hydrogen-bond acceptors (Lipinski definition) is 5. The zero-order valence-electron chi connectivity index (χ0n) is 18.2. The molecule has 3 aromatic rings. The van der Waals surface area contributed by atoms with E-state index in [0.29, 0.717) is 24.4 Å². The van der Waals surface area contributed by atoms with Crippen LogP contribution < -0.4 is 22.3 Å². The summed E-state index contributed by atoms with van der Waals surface area (Å²) >= 11 is 0. The lowest BCUT2D eigenvalue weighted by Gasteiger charge is -2.13. The molecule has 2 amide bonds. The molecule has 0 fully saturated rings. The Balaban J connectivity index is 2.30. The Kier molecular flexibility index (Phi) is 6.28. The van der Waals surface area contributed by atoms with E-state index < -0.39 is 18.1 Å². The smallest absolute Gasteiger partial charge is 0.352 e. The molecular weight excluding hydrogens is 400 g/mol. The van der Waals surface area contributed by atoms with Crippen molar-refractivity contribution < 1.29 is 9.59 Å². The Labute approximate surface area is 178 Å². The zero-order chi connectivity index (χ0) is 22.9. The third kappa shape index (κ3) is 4.37. The highest BCUT2D eigenvalue weighted by atomic mass is 16.2. The lowest BCUT2D eigenvalue weighted by Crippen LogP contribution is -2.32. The highest BCUT2D eigenvalue weighted by Gasteiger charge is 2.20. The maximum atomic E-state index is 13.2. The summed E-state index contributed by atoms with van der Waals surface area (Å²) in [4.78, 5) is 50.2. The minimum Gasteiger partial charge on any atom is -0.368 e. The number of carbonyl (C=O) groups is 2. The summed E-state index contributed by atoms with van der Waals surface area (Å²) in [5.74, 6) is -0.581. The van der Waals surface area contributed by atoms with E-state index in [4.69, 9.17) is 5.73 Å². The summed E-state index contributed by atoms with van der Waals surface area (Å²) in [6.07, 6.45) is 1.47. The summed E-state index contributed by atoms with van der Waals surface area (Å²) in [6, 6.07) is 4.60. The van der Waals surface area contributed by atoms with Crippen LogP contribution in [0.2, 0.25) is 0 Å². The molecule has 0 saturated heterocycles. The van der Waals surface area contributed by atoms with E-state index in [1.807, 2.05) is 27.7 Å². The lowest BCUT2D eigenvalue weighted by atomic mass is 10.1. The molecule has 0 spiro atoms. The van der Waals surface area contributed by atoms with Gasteiger partial charge < -0.3 is 11.1 Å². The maximum Gasteiger partial charge on any atom is 0.352 e. The summed E-state index contributed by atoms with van der Waals surface area (Å²) in [6.45, 7) is 7.87. The quantitative estimate of drug-likeness (QED) is 0.549. The molecule has 1 aromatic carbocycles. The molecule has 0 aliphatic carbocycles. The average molecular weight is 428 g/mol. The van der Waals surface area contributed by atoms with E-state index in [9.17, 15) is 19.2 Å². The van der Waals surface area contributed by atoms with Crippen LogP contribution in [0, 0.1) is 5.92 Å². The molecule has 0 saturated carbocycles. The second-order valence-electron chi connectivity index (χ2n) is 8.20. The van der Waals surface area contributed by atoms with Gasteiger partial charge in [-0.2, -0.15) is 0 Å². The summed E-state index contributed by atoms with van der Waals surface area (Å²) in [5, 5.41) is 7.37. The minimum absolute atomic E-state index is 0.0201. The zero-order valence-corrected chi connectivity index (χ0v) is 18.2. The predicted octanol–water partition coefficient (Wildman–Crippen LogP) is 0.871. The topological polar surface area (TPSA) is 133 Å². The van der Waals surface area contributed by atoms with Gasteiger partial charge in [-0.15, -0.1) is 5.10 Å². The fourth-order valence-electron chi connectivity index (χ4n) is 3.31. The number of nitrogens with two attached hydrogens (primary N) is 1. The number of fused-ring (bicyclic) bond motifs is 3. The SMILES string of the molecule is CC[C@@H](C)NC(=O)c1ccc2c(=O)n(CCC(C)C)c3nn(CC(N)=O)c(=O)n3c2c1. The number of hydrogen-bond donors (Lipinski definition) is 2. The van der Waals surface area contributed by atoms with Crippen molar-refractivity contribution in [2.75, 3.05) is 0 Å². The van der Waals surface area contributed by atoms with Gasteiger partial charge in [-0.3, -0.25) is 19.0 Å². The van der Waals surface area contributed by atoms with Gasteiger partial charge in [0.1, 0.15) is 6.54 Å². The van der Waals surface area contributed by atoms with Crippen molar-refractivity contribution in [2.24, 2.45) is 11.7 Å². The van der Waals surface area contributed by atoms with Gasteiger partial charge in [-0.1, -0.05) is 20.8 Å². The first-order valence-corrected chi connectivity index (χ1v) is 10.4. The van der Waals surface area contributed by atoms with Crippen molar-refractivity contribution >= 4 is 28.5 Å². The van der Waals surface area contributed by atoms with Gasteiger partial charge in [-0.25, -0.2) is 13.9 Å². The Morgan fingerprint density at radius 3 is 2.52 bits per heavy atom. The molecule has 0 aliphatic rings. The number of benzene rings is 1. The van der Waals surface area contributed by atoms with Crippen LogP contribution in [0.5, 0.6) is 0 Å². The number of aryl methyl sites for hydroxylation is 1. The molecule has 1 atom stereocenters. The summed E-state index contributed by atoms with van der Waals surface area (Å²) in [5.41, 5.74) is 4.92. The second kappa shape index (κ2) is 8.75. The second-order valence-corrected chi connectivity index (χ2v) is 8.20. The Morgan fingerprint density at radius 2 is 1.90 bits per heavy atom. The standard InChI is InChI=1S/C21H28N6O4/c1-5-13(4)23-18(29)14-6-7-15-16(10-14)27-20(24-26(21(27)31)11-17(22)28)25(19(15)30)9-8-12(2)3/h6-7,10,12-13H,5,8-9,11H2,1-4H3,(H2,22,28)(H,23,29)/t13-/m1/s1. The van der Waals surface area contributed by atoms with E-state index in [0.717, 1.165) is 11.1 Å². The molecule has 0 unspecified atom stereocenters. The highest BCUT2D eigenvalue weighted by molar-refractivity contribution is 5.98. The molecule has 166 valence electrons. The minimum atomic E-state index is -0.723. The number of nitrogens with zero attached hydrogens (tertiary/aromatic N) is 4. The molecule has 0 radical (unpaired) electrons. The van der Waals surface area contributed by atoms with Crippen LogP contribution in [-0.2, 0) is 17.9 Å². The van der Waals surface area contributed by atoms with Crippen molar-refractivity contribution in [3.8, 4) is 0 Å². The van der Waals surface area contributed by atoms with Crippen LogP contribution in [0.15, 0.2) is 27.8 Å². The van der Waals surface area contributed by atoms with Crippen molar-refractivity contribution in [2.45, 2.75) is 59.7 Å². The van der Waals surface area contributed by atoms with Gasteiger partial charge in [0.15, 0.2) is 0 Å². The fraction of sp³-hybridized carbons (Fsp3) is 0.476. The van der Waals surface area contributed by atoms with Crippen molar-refractivity contribution in [1.82, 2.24) is 24.1 Å². The van der Waals surface area contributed by atoms with Gasteiger partial charge in [0.2, 0.25) is 11.7 Å². The largest absolute Gasteiger partial charge is 0.368 e.